The normalized spacial score (nSPS) is 16.1. The van der Waals surface area contributed by atoms with Gasteiger partial charge in [-0.3, -0.25) is 0 Å². The highest BCUT2D eigenvalue weighted by atomic mass is 28.3. The van der Waals surface area contributed by atoms with Crippen molar-refractivity contribution in [2.75, 3.05) is 19.6 Å². The first kappa shape index (κ1) is 25.2. The SMILES string of the molecule is CCCC[N+](CCCC)(CCCC)C(CCC)(C(C)(C)C)[Si](C)(C)C. The summed E-state index contributed by atoms with van der Waals surface area (Å²) in [7, 11) is -1.41. The van der Waals surface area contributed by atoms with Gasteiger partial charge in [0, 0.05) is 5.41 Å². The molecule has 0 aromatic rings. The molecule has 1 atom stereocenters. The van der Waals surface area contributed by atoms with E-state index in [2.05, 4.69) is 68.1 Å². The van der Waals surface area contributed by atoms with E-state index in [1.807, 2.05) is 0 Å². The molecule has 0 N–H and O–H groups in total. The Morgan fingerprint density at radius 2 is 1.00 bits per heavy atom. The van der Waals surface area contributed by atoms with Crippen LogP contribution in [0.5, 0.6) is 0 Å². The molecule has 0 aromatic carbocycles. The van der Waals surface area contributed by atoms with E-state index in [4.69, 9.17) is 0 Å². The predicted molar refractivity (Wildman–Crippen MR) is 120 cm³/mol. The first-order valence-electron chi connectivity index (χ1n) is 11.4. The second-order valence-corrected chi connectivity index (χ2v) is 15.8. The van der Waals surface area contributed by atoms with E-state index in [-0.39, 0.29) is 0 Å². The molecule has 0 aromatic heterocycles. The summed E-state index contributed by atoms with van der Waals surface area (Å²) in [5.74, 6) is 0. The average molecular weight is 371 g/mol. The summed E-state index contributed by atoms with van der Waals surface area (Å²) in [5.41, 5.74) is 0.364. The highest BCUT2D eigenvalue weighted by Gasteiger charge is 2.63. The zero-order valence-corrected chi connectivity index (χ0v) is 20.7. The molecule has 0 aliphatic rings. The summed E-state index contributed by atoms with van der Waals surface area (Å²) in [6, 6.07) is 0. The van der Waals surface area contributed by atoms with E-state index in [1.165, 1.54) is 75.5 Å². The maximum Gasteiger partial charge on any atom is 0.119 e. The van der Waals surface area contributed by atoms with Gasteiger partial charge >= 0.3 is 0 Å². The van der Waals surface area contributed by atoms with E-state index in [9.17, 15) is 0 Å². The van der Waals surface area contributed by atoms with Crippen molar-refractivity contribution in [2.45, 2.75) is 125 Å². The Morgan fingerprint density at radius 1 is 0.640 bits per heavy atom. The molecule has 2 heteroatoms. The highest BCUT2D eigenvalue weighted by molar-refractivity contribution is 6.79. The Kier molecular flexibility index (Phi) is 10.6. The molecule has 0 saturated heterocycles. The summed E-state index contributed by atoms with van der Waals surface area (Å²) in [5, 5.41) is 0.467. The van der Waals surface area contributed by atoms with Crippen molar-refractivity contribution in [1.29, 1.82) is 0 Å². The number of hydrogen-bond donors (Lipinski definition) is 0. The van der Waals surface area contributed by atoms with Crippen LogP contribution in [0, 0.1) is 5.41 Å². The quantitative estimate of drug-likeness (QED) is 0.230. The highest BCUT2D eigenvalue weighted by Crippen LogP contribution is 2.51. The smallest absolute Gasteiger partial charge is 0.119 e. The minimum absolute atomic E-state index is 0.364. The molecule has 25 heavy (non-hydrogen) atoms. The fraction of sp³-hybridized carbons (Fsp3) is 1.00. The molecule has 0 bridgehead atoms. The lowest BCUT2D eigenvalue weighted by atomic mass is 9.79. The summed E-state index contributed by atoms with van der Waals surface area (Å²) in [4.78, 5) is 0. The molecular formula is C23H52NSi+. The third-order valence-electron chi connectivity index (χ3n) is 6.72. The molecule has 0 rings (SSSR count). The number of hydrogen-bond acceptors (Lipinski definition) is 0. The maximum atomic E-state index is 2.67. The summed E-state index contributed by atoms with van der Waals surface area (Å²) >= 11 is 0. The standard InChI is InChI=1S/C23H52NSi/c1-11-15-19-24(20-16-12-2,21-17-13-3)23(18-14-4,22(5,6)7)25(8,9)10/h11-21H2,1-10H3/q+1. The zero-order valence-electron chi connectivity index (χ0n) is 19.7. The second-order valence-electron chi connectivity index (χ2n) is 10.5. The van der Waals surface area contributed by atoms with Gasteiger partial charge in [-0.15, -0.1) is 0 Å². The van der Waals surface area contributed by atoms with Crippen LogP contribution in [-0.4, -0.2) is 37.4 Å². The first-order chi connectivity index (χ1) is 11.5. The summed E-state index contributed by atoms with van der Waals surface area (Å²) in [6.07, 6.45) is 10.9. The topological polar surface area (TPSA) is 0 Å². The van der Waals surface area contributed by atoms with Crippen molar-refractivity contribution < 1.29 is 4.48 Å². The predicted octanol–water partition coefficient (Wildman–Crippen LogP) is 7.67. The van der Waals surface area contributed by atoms with Crippen molar-refractivity contribution in [3.8, 4) is 0 Å². The van der Waals surface area contributed by atoms with Crippen LogP contribution in [0.1, 0.15) is 99.8 Å². The Labute approximate surface area is 162 Å². The number of rotatable bonds is 13. The largest absolute Gasteiger partial charge is 0.322 e. The second kappa shape index (κ2) is 10.5. The van der Waals surface area contributed by atoms with Gasteiger partial charge in [0.05, 0.1) is 24.8 Å². The molecule has 0 amide bonds. The molecule has 0 aliphatic carbocycles. The minimum atomic E-state index is -1.41. The third-order valence-corrected chi connectivity index (χ3v) is 10.7. The van der Waals surface area contributed by atoms with Gasteiger partial charge in [-0.25, -0.2) is 0 Å². The van der Waals surface area contributed by atoms with Crippen molar-refractivity contribution in [3.63, 3.8) is 0 Å². The molecular weight excluding hydrogens is 318 g/mol. The van der Waals surface area contributed by atoms with Crippen LogP contribution in [0.25, 0.3) is 0 Å². The van der Waals surface area contributed by atoms with Crippen LogP contribution >= 0.6 is 0 Å². The van der Waals surface area contributed by atoms with Gasteiger partial charge in [0.1, 0.15) is 8.07 Å². The summed E-state index contributed by atoms with van der Waals surface area (Å²) in [6.45, 7) is 29.5. The zero-order chi connectivity index (χ0) is 19.8. The summed E-state index contributed by atoms with van der Waals surface area (Å²) < 4.78 is 1.41. The van der Waals surface area contributed by atoms with Crippen LogP contribution in [0.3, 0.4) is 0 Å². The van der Waals surface area contributed by atoms with Gasteiger partial charge < -0.3 is 4.48 Å². The van der Waals surface area contributed by atoms with E-state index in [1.54, 1.807) is 0 Å². The van der Waals surface area contributed by atoms with Gasteiger partial charge in [-0.1, -0.05) is 93.8 Å². The number of unbranched alkanes of at least 4 members (excludes halogenated alkanes) is 3. The van der Waals surface area contributed by atoms with Crippen molar-refractivity contribution in [3.05, 3.63) is 0 Å². The van der Waals surface area contributed by atoms with Crippen molar-refractivity contribution >= 4 is 8.07 Å². The number of quaternary nitrogens is 1. The van der Waals surface area contributed by atoms with Crippen molar-refractivity contribution in [1.82, 2.24) is 0 Å². The van der Waals surface area contributed by atoms with Gasteiger partial charge in [0.15, 0.2) is 0 Å². The fourth-order valence-corrected chi connectivity index (χ4v) is 11.2. The van der Waals surface area contributed by atoms with Gasteiger partial charge in [0.2, 0.25) is 0 Å². The lowest BCUT2D eigenvalue weighted by molar-refractivity contribution is -0.972. The molecule has 0 spiro atoms. The number of nitrogens with zero attached hydrogens (tertiary/aromatic N) is 1. The Morgan fingerprint density at radius 3 is 1.20 bits per heavy atom. The average Bonchev–Trinajstić information content (AvgIpc) is 2.50. The Hall–Kier alpha value is 0.177. The maximum absolute atomic E-state index is 2.67. The van der Waals surface area contributed by atoms with Crippen LogP contribution in [0.15, 0.2) is 0 Å². The molecule has 0 radical (unpaired) electrons. The third kappa shape index (κ3) is 5.58. The monoisotopic (exact) mass is 370 g/mol. The molecule has 1 unspecified atom stereocenters. The molecule has 1 nitrogen and oxygen atoms in total. The van der Waals surface area contributed by atoms with Crippen LogP contribution < -0.4 is 0 Å². The van der Waals surface area contributed by atoms with Gasteiger partial charge in [-0.2, -0.15) is 0 Å². The fourth-order valence-electron chi connectivity index (χ4n) is 6.19. The molecule has 0 fully saturated rings. The van der Waals surface area contributed by atoms with E-state index >= 15 is 0 Å². The molecule has 0 aliphatic heterocycles. The Balaban J connectivity index is 6.52. The van der Waals surface area contributed by atoms with Gasteiger partial charge in [0.25, 0.3) is 0 Å². The van der Waals surface area contributed by atoms with Crippen LogP contribution in [0.4, 0.5) is 0 Å². The van der Waals surface area contributed by atoms with E-state index in [0.29, 0.717) is 10.6 Å². The van der Waals surface area contributed by atoms with Crippen LogP contribution in [-0.2, 0) is 0 Å². The van der Waals surface area contributed by atoms with Crippen molar-refractivity contribution in [2.24, 2.45) is 5.41 Å². The molecule has 0 saturated carbocycles. The van der Waals surface area contributed by atoms with E-state index in [0.717, 1.165) is 0 Å². The molecule has 152 valence electrons. The minimum Gasteiger partial charge on any atom is -0.322 e. The first-order valence-corrected chi connectivity index (χ1v) is 14.9. The Bertz CT molecular complexity index is 312. The lowest BCUT2D eigenvalue weighted by Crippen LogP contribution is -2.79. The lowest BCUT2D eigenvalue weighted by Gasteiger charge is -2.65. The van der Waals surface area contributed by atoms with Gasteiger partial charge in [-0.05, 0) is 25.7 Å². The van der Waals surface area contributed by atoms with Crippen LogP contribution in [0.2, 0.25) is 19.6 Å². The van der Waals surface area contributed by atoms with E-state index < -0.39 is 8.07 Å². The molecule has 0 heterocycles.